The molecule has 1 atom stereocenters. The van der Waals surface area contributed by atoms with Gasteiger partial charge in [-0.15, -0.1) is 0 Å². The number of nitrogens with zero attached hydrogens (tertiary/aromatic N) is 4. The topological polar surface area (TPSA) is 49.3 Å². The van der Waals surface area contributed by atoms with Crippen LogP contribution in [0, 0.1) is 0 Å². The van der Waals surface area contributed by atoms with Gasteiger partial charge in [0.2, 0.25) is 5.91 Å². The number of anilines is 1. The number of benzene rings is 1. The molecule has 1 unspecified atom stereocenters. The molecular weight excluding hydrogens is 344 g/mol. The summed E-state index contributed by atoms with van der Waals surface area (Å²) in [6.07, 6.45) is 4.49. The van der Waals surface area contributed by atoms with Crippen LogP contribution >= 0.6 is 11.8 Å². The number of carbonyl (C=O) groups excluding carboxylic acids is 1. The molecule has 0 radical (unpaired) electrons. The van der Waals surface area contributed by atoms with Gasteiger partial charge in [-0.25, -0.2) is 9.97 Å². The first-order valence-electron chi connectivity index (χ1n) is 9.30. The van der Waals surface area contributed by atoms with Crippen molar-refractivity contribution in [2.45, 2.75) is 25.3 Å². The molecule has 3 heterocycles. The van der Waals surface area contributed by atoms with Crippen LogP contribution in [0.25, 0.3) is 0 Å². The van der Waals surface area contributed by atoms with E-state index in [-0.39, 0.29) is 11.9 Å². The molecule has 136 valence electrons. The van der Waals surface area contributed by atoms with Crippen molar-refractivity contribution in [1.82, 2.24) is 14.9 Å². The Hall–Kier alpha value is -2.08. The van der Waals surface area contributed by atoms with E-state index in [2.05, 4.69) is 22.0 Å². The first kappa shape index (κ1) is 17.3. The lowest BCUT2D eigenvalue weighted by molar-refractivity contribution is -0.132. The minimum atomic E-state index is -0.0717. The van der Waals surface area contributed by atoms with Gasteiger partial charge < -0.3 is 9.80 Å². The van der Waals surface area contributed by atoms with Crippen molar-refractivity contribution in [3.05, 3.63) is 54.0 Å². The molecule has 2 aromatic rings. The summed E-state index contributed by atoms with van der Waals surface area (Å²) < 4.78 is 0. The van der Waals surface area contributed by atoms with Crippen molar-refractivity contribution in [3.63, 3.8) is 0 Å². The van der Waals surface area contributed by atoms with Crippen molar-refractivity contribution >= 4 is 23.5 Å². The molecule has 0 aliphatic carbocycles. The van der Waals surface area contributed by atoms with E-state index in [9.17, 15) is 4.79 Å². The maximum atomic E-state index is 13.0. The van der Waals surface area contributed by atoms with Gasteiger partial charge in [-0.1, -0.05) is 30.3 Å². The highest BCUT2D eigenvalue weighted by Gasteiger charge is 2.35. The van der Waals surface area contributed by atoms with E-state index in [4.69, 9.17) is 4.98 Å². The second kappa shape index (κ2) is 8.08. The first-order chi connectivity index (χ1) is 12.8. The number of hydrogen-bond donors (Lipinski definition) is 0. The molecule has 1 amide bonds. The van der Waals surface area contributed by atoms with Gasteiger partial charge in [-0.05, 0) is 24.5 Å². The Kier molecular flexibility index (Phi) is 5.39. The predicted molar refractivity (Wildman–Crippen MR) is 106 cm³/mol. The predicted octanol–water partition coefficient (Wildman–Crippen LogP) is 2.61. The summed E-state index contributed by atoms with van der Waals surface area (Å²) in [5.74, 6) is 4.06. The van der Waals surface area contributed by atoms with Crippen molar-refractivity contribution in [2.75, 3.05) is 36.0 Å². The van der Waals surface area contributed by atoms with Gasteiger partial charge in [-0.3, -0.25) is 4.79 Å². The summed E-state index contributed by atoms with van der Waals surface area (Å²) in [5.41, 5.74) is 1.20. The molecule has 0 bridgehead atoms. The molecule has 0 saturated carbocycles. The quantitative estimate of drug-likeness (QED) is 0.830. The number of hydrogen-bond acceptors (Lipinski definition) is 5. The van der Waals surface area contributed by atoms with Crippen LogP contribution in [0.3, 0.4) is 0 Å². The maximum absolute atomic E-state index is 13.0. The molecule has 6 heteroatoms. The van der Waals surface area contributed by atoms with Crippen LogP contribution in [0.4, 0.5) is 5.82 Å². The van der Waals surface area contributed by atoms with Crippen molar-refractivity contribution in [2.24, 2.45) is 0 Å². The molecule has 0 spiro atoms. The molecule has 1 aromatic carbocycles. The molecule has 2 aliphatic heterocycles. The third-order valence-corrected chi connectivity index (χ3v) is 5.99. The zero-order chi connectivity index (χ0) is 17.8. The van der Waals surface area contributed by atoms with Gasteiger partial charge in [0.1, 0.15) is 17.7 Å². The third-order valence-electron chi connectivity index (χ3n) is 5.05. The van der Waals surface area contributed by atoms with Gasteiger partial charge >= 0.3 is 0 Å². The van der Waals surface area contributed by atoms with Gasteiger partial charge in [0.15, 0.2) is 0 Å². The Morgan fingerprint density at radius 3 is 2.73 bits per heavy atom. The van der Waals surface area contributed by atoms with Crippen LogP contribution in [0.1, 0.15) is 24.2 Å². The van der Waals surface area contributed by atoms with Crippen LogP contribution in [0.5, 0.6) is 0 Å². The van der Waals surface area contributed by atoms with Gasteiger partial charge in [0, 0.05) is 43.8 Å². The van der Waals surface area contributed by atoms with Gasteiger partial charge in [-0.2, -0.15) is 11.8 Å². The standard InChI is InChI=1S/C20H24N4OS/c25-20(23-11-13-26-14-12-23)17-7-4-10-24(17)19-8-9-21-18(22-19)15-16-5-2-1-3-6-16/h1-3,5-6,8-9,17H,4,7,10-15H2. The Balaban J connectivity index is 1.50. The molecular formula is C20H24N4OS. The van der Waals surface area contributed by atoms with E-state index >= 15 is 0 Å². The monoisotopic (exact) mass is 368 g/mol. The summed E-state index contributed by atoms with van der Waals surface area (Å²) >= 11 is 1.93. The summed E-state index contributed by atoms with van der Waals surface area (Å²) in [7, 11) is 0. The Morgan fingerprint density at radius 2 is 1.92 bits per heavy atom. The van der Waals surface area contributed by atoms with Gasteiger partial charge in [0.25, 0.3) is 0 Å². The average Bonchev–Trinajstić information content (AvgIpc) is 3.19. The number of aromatic nitrogens is 2. The lowest BCUT2D eigenvalue weighted by atomic mass is 10.1. The number of amides is 1. The fraction of sp³-hybridized carbons (Fsp3) is 0.450. The van der Waals surface area contributed by atoms with Crippen molar-refractivity contribution in [1.29, 1.82) is 0 Å². The Morgan fingerprint density at radius 1 is 1.12 bits per heavy atom. The summed E-state index contributed by atoms with van der Waals surface area (Å²) in [6.45, 7) is 2.63. The zero-order valence-electron chi connectivity index (χ0n) is 14.9. The lowest BCUT2D eigenvalue weighted by Crippen LogP contribution is -2.48. The van der Waals surface area contributed by atoms with Crippen molar-refractivity contribution in [3.8, 4) is 0 Å². The number of carbonyl (C=O) groups is 1. The first-order valence-corrected chi connectivity index (χ1v) is 10.5. The van der Waals surface area contributed by atoms with E-state index in [1.807, 2.05) is 47.1 Å². The highest BCUT2D eigenvalue weighted by Crippen LogP contribution is 2.26. The molecule has 5 nitrogen and oxygen atoms in total. The average molecular weight is 369 g/mol. The largest absolute Gasteiger partial charge is 0.344 e. The maximum Gasteiger partial charge on any atom is 0.245 e. The van der Waals surface area contributed by atoms with Crippen LogP contribution < -0.4 is 4.90 Å². The van der Waals surface area contributed by atoms with E-state index in [0.29, 0.717) is 6.42 Å². The van der Waals surface area contributed by atoms with E-state index < -0.39 is 0 Å². The van der Waals surface area contributed by atoms with E-state index in [0.717, 1.165) is 55.6 Å². The fourth-order valence-corrected chi connectivity index (χ4v) is 4.61. The second-order valence-corrected chi connectivity index (χ2v) is 8.01. The molecule has 4 rings (SSSR count). The number of rotatable bonds is 4. The Bertz CT molecular complexity index is 748. The smallest absolute Gasteiger partial charge is 0.245 e. The SMILES string of the molecule is O=C(C1CCCN1c1ccnc(Cc2ccccc2)n1)N1CCSCC1. The molecule has 1 aromatic heterocycles. The fourth-order valence-electron chi connectivity index (χ4n) is 3.70. The molecule has 0 N–H and O–H groups in total. The summed E-state index contributed by atoms with van der Waals surface area (Å²) in [5, 5.41) is 0. The normalized spacial score (nSPS) is 20.4. The summed E-state index contributed by atoms with van der Waals surface area (Å²) in [4.78, 5) is 26.4. The van der Waals surface area contributed by atoms with Crippen LogP contribution in [0.2, 0.25) is 0 Å². The third kappa shape index (κ3) is 3.85. The van der Waals surface area contributed by atoms with Crippen molar-refractivity contribution < 1.29 is 4.79 Å². The van der Waals surface area contributed by atoms with E-state index in [1.165, 1.54) is 5.56 Å². The lowest BCUT2D eigenvalue weighted by Gasteiger charge is -2.32. The molecule has 2 fully saturated rings. The van der Waals surface area contributed by atoms with Crippen LogP contribution in [-0.2, 0) is 11.2 Å². The highest BCUT2D eigenvalue weighted by atomic mass is 32.2. The minimum Gasteiger partial charge on any atom is -0.344 e. The second-order valence-electron chi connectivity index (χ2n) is 6.78. The zero-order valence-corrected chi connectivity index (χ0v) is 15.7. The molecule has 2 saturated heterocycles. The van der Waals surface area contributed by atoms with Crippen LogP contribution in [0.15, 0.2) is 42.6 Å². The minimum absolute atomic E-state index is 0.0717. The highest BCUT2D eigenvalue weighted by molar-refractivity contribution is 7.99. The molecule has 2 aliphatic rings. The van der Waals surface area contributed by atoms with E-state index in [1.54, 1.807) is 0 Å². The molecule has 26 heavy (non-hydrogen) atoms. The Labute approximate surface area is 158 Å². The number of thioether (sulfide) groups is 1. The van der Waals surface area contributed by atoms with Crippen LogP contribution in [-0.4, -0.2) is 58.0 Å². The van der Waals surface area contributed by atoms with Gasteiger partial charge in [0.05, 0.1) is 0 Å². The summed E-state index contributed by atoms with van der Waals surface area (Å²) in [6, 6.07) is 12.1.